The van der Waals surface area contributed by atoms with Crippen LogP contribution in [0.1, 0.15) is 11.5 Å². The van der Waals surface area contributed by atoms with Gasteiger partial charge in [-0.2, -0.15) is 0 Å². The molecule has 7 heteroatoms. The van der Waals surface area contributed by atoms with Gasteiger partial charge in [0.2, 0.25) is 5.91 Å². The van der Waals surface area contributed by atoms with Crippen LogP contribution in [0.25, 0.3) is 0 Å². The van der Waals surface area contributed by atoms with E-state index in [1.807, 2.05) is 6.07 Å². The quantitative estimate of drug-likeness (QED) is 0.851. The Morgan fingerprint density at radius 3 is 2.91 bits per heavy atom. The van der Waals surface area contributed by atoms with Crippen LogP contribution >= 0.6 is 0 Å². The van der Waals surface area contributed by atoms with E-state index >= 15 is 0 Å². The summed E-state index contributed by atoms with van der Waals surface area (Å²) in [5.41, 5.74) is 1.29. The molecule has 0 saturated heterocycles. The summed E-state index contributed by atoms with van der Waals surface area (Å²) in [7, 11) is 1.67. The molecular formula is C16H17N3O4. The van der Waals surface area contributed by atoms with Gasteiger partial charge in [0, 0.05) is 13.1 Å². The molecule has 7 nitrogen and oxygen atoms in total. The fraction of sp³-hybridized carbons (Fsp3) is 0.312. The second kappa shape index (κ2) is 6.12. The van der Waals surface area contributed by atoms with Crippen molar-refractivity contribution in [3.63, 3.8) is 0 Å². The first-order chi connectivity index (χ1) is 11.0. The van der Waals surface area contributed by atoms with E-state index in [1.165, 1.54) is 9.80 Å². The Morgan fingerprint density at radius 2 is 2.17 bits per heavy atom. The van der Waals surface area contributed by atoms with E-state index < -0.39 is 0 Å². The van der Waals surface area contributed by atoms with Gasteiger partial charge in [0.05, 0.1) is 12.2 Å². The summed E-state index contributed by atoms with van der Waals surface area (Å²) >= 11 is 0. The molecule has 0 radical (unpaired) electrons. The number of rotatable bonds is 4. The maximum Gasteiger partial charge on any atom is 0.265 e. The van der Waals surface area contributed by atoms with Crippen molar-refractivity contribution >= 4 is 17.5 Å². The van der Waals surface area contributed by atoms with Crippen LogP contribution < -0.4 is 9.64 Å². The van der Waals surface area contributed by atoms with E-state index in [2.05, 4.69) is 5.16 Å². The molecule has 120 valence electrons. The van der Waals surface area contributed by atoms with Crippen LogP contribution in [0.15, 0.2) is 34.9 Å². The number of aromatic nitrogens is 1. The molecule has 2 heterocycles. The minimum absolute atomic E-state index is 0.0352. The minimum Gasteiger partial charge on any atom is -0.482 e. The Bertz CT molecular complexity index is 740. The predicted molar refractivity (Wildman–Crippen MR) is 82.0 cm³/mol. The summed E-state index contributed by atoms with van der Waals surface area (Å²) in [6.45, 7) is 2.03. The molecule has 0 aliphatic carbocycles. The second-order valence-electron chi connectivity index (χ2n) is 5.41. The number of hydrogen-bond acceptors (Lipinski definition) is 5. The van der Waals surface area contributed by atoms with E-state index in [9.17, 15) is 9.59 Å². The Kier molecular flexibility index (Phi) is 4.01. The first kappa shape index (κ1) is 15.1. The number of benzene rings is 1. The fourth-order valence-electron chi connectivity index (χ4n) is 2.41. The number of hydrogen-bond donors (Lipinski definition) is 0. The molecule has 0 saturated carbocycles. The SMILES string of the molecule is Cc1cc(CN(C)C(=O)CN2C(=O)COc3ccccc32)no1. The Balaban J connectivity index is 1.70. The molecule has 0 fully saturated rings. The molecule has 1 aliphatic rings. The standard InChI is InChI=1S/C16H17N3O4/c1-11-7-12(17-23-11)8-18(2)15(20)9-19-13-5-3-4-6-14(13)22-10-16(19)21/h3-7H,8-10H2,1-2H3. The molecule has 2 amide bonds. The van der Waals surface area contributed by atoms with Crippen LogP contribution in [-0.4, -0.2) is 42.1 Å². The molecule has 23 heavy (non-hydrogen) atoms. The van der Waals surface area contributed by atoms with E-state index in [0.717, 1.165) is 0 Å². The van der Waals surface area contributed by atoms with Gasteiger partial charge in [0.15, 0.2) is 6.61 Å². The Labute approximate surface area is 133 Å². The third kappa shape index (κ3) is 3.18. The van der Waals surface area contributed by atoms with Gasteiger partial charge < -0.3 is 14.2 Å². The molecule has 0 spiro atoms. The van der Waals surface area contributed by atoms with E-state index in [0.29, 0.717) is 29.4 Å². The zero-order valence-corrected chi connectivity index (χ0v) is 13.0. The largest absolute Gasteiger partial charge is 0.482 e. The van der Waals surface area contributed by atoms with Crippen LogP contribution in [0.4, 0.5) is 5.69 Å². The highest BCUT2D eigenvalue weighted by Gasteiger charge is 2.28. The molecule has 1 aromatic carbocycles. The molecule has 2 aromatic rings. The summed E-state index contributed by atoms with van der Waals surface area (Å²) in [6, 6.07) is 8.95. The zero-order valence-electron chi connectivity index (χ0n) is 13.0. The number of nitrogens with zero attached hydrogens (tertiary/aromatic N) is 3. The molecular weight excluding hydrogens is 298 g/mol. The van der Waals surface area contributed by atoms with E-state index in [1.54, 1.807) is 38.2 Å². The third-order valence-corrected chi connectivity index (χ3v) is 3.60. The topological polar surface area (TPSA) is 75.9 Å². The first-order valence-corrected chi connectivity index (χ1v) is 7.23. The maximum absolute atomic E-state index is 12.4. The van der Waals surface area contributed by atoms with Crippen molar-refractivity contribution in [2.24, 2.45) is 0 Å². The van der Waals surface area contributed by atoms with Crippen molar-refractivity contribution in [1.29, 1.82) is 0 Å². The highest BCUT2D eigenvalue weighted by molar-refractivity contribution is 6.02. The number of likely N-dealkylation sites (N-methyl/N-ethyl adjacent to an activating group) is 1. The Morgan fingerprint density at radius 1 is 1.39 bits per heavy atom. The lowest BCUT2D eigenvalue weighted by Crippen LogP contribution is -2.45. The zero-order chi connectivity index (χ0) is 16.4. The third-order valence-electron chi connectivity index (χ3n) is 3.60. The predicted octanol–water partition coefficient (Wildman–Crippen LogP) is 1.37. The average Bonchev–Trinajstić information content (AvgIpc) is 2.95. The molecule has 0 atom stereocenters. The van der Waals surface area contributed by atoms with Crippen molar-refractivity contribution in [1.82, 2.24) is 10.1 Å². The van der Waals surface area contributed by atoms with Crippen LogP contribution in [0.2, 0.25) is 0 Å². The number of carbonyl (C=O) groups excluding carboxylic acids is 2. The highest BCUT2D eigenvalue weighted by Crippen LogP contribution is 2.31. The van der Waals surface area contributed by atoms with Crippen molar-refractivity contribution in [3.8, 4) is 5.75 Å². The number of amides is 2. The number of carbonyl (C=O) groups is 2. The van der Waals surface area contributed by atoms with Crippen molar-refractivity contribution in [2.75, 3.05) is 25.1 Å². The van der Waals surface area contributed by atoms with E-state index in [-0.39, 0.29) is 25.0 Å². The average molecular weight is 315 g/mol. The molecule has 1 aromatic heterocycles. The van der Waals surface area contributed by atoms with Gasteiger partial charge in [-0.1, -0.05) is 17.3 Å². The second-order valence-corrected chi connectivity index (χ2v) is 5.41. The van der Waals surface area contributed by atoms with Gasteiger partial charge in [-0.3, -0.25) is 14.5 Å². The molecule has 3 rings (SSSR count). The summed E-state index contributed by atoms with van der Waals surface area (Å²) in [5.74, 6) is 0.881. The van der Waals surface area contributed by atoms with E-state index in [4.69, 9.17) is 9.26 Å². The van der Waals surface area contributed by atoms with Crippen molar-refractivity contribution < 1.29 is 18.8 Å². The lowest BCUT2D eigenvalue weighted by atomic mass is 10.2. The minimum atomic E-state index is -0.234. The lowest BCUT2D eigenvalue weighted by Gasteiger charge is -2.30. The van der Waals surface area contributed by atoms with Crippen LogP contribution in [-0.2, 0) is 16.1 Å². The fourth-order valence-corrected chi connectivity index (χ4v) is 2.41. The first-order valence-electron chi connectivity index (χ1n) is 7.23. The number of fused-ring (bicyclic) bond motifs is 1. The van der Waals surface area contributed by atoms with Gasteiger partial charge in [0.1, 0.15) is 23.7 Å². The van der Waals surface area contributed by atoms with Gasteiger partial charge in [-0.25, -0.2) is 0 Å². The summed E-state index contributed by atoms with van der Waals surface area (Å²) < 4.78 is 10.4. The molecule has 0 unspecified atom stereocenters. The van der Waals surface area contributed by atoms with Gasteiger partial charge in [-0.05, 0) is 19.1 Å². The number of ether oxygens (including phenoxy) is 1. The number of para-hydroxylation sites is 2. The normalized spacial score (nSPS) is 13.5. The van der Waals surface area contributed by atoms with Crippen molar-refractivity contribution in [3.05, 3.63) is 41.8 Å². The van der Waals surface area contributed by atoms with Gasteiger partial charge in [0.25, 0.3) is 5.91 Å². The Hall–Kier alpha value is -2.83. The number of aryl methyl sites for hydroxylation is 1. The lowest BCUT2D eigenvalue weighted by molar-refractivity contribution is -0.131. The molecule has 0 bridgehead atoms. The summed E-state index contributed by atoms with van der Waals surface area (Å²) in [5, 5.41) is 3.87. The van der Waals surface area contributed by atoms with Crippen LogP contribution in [0, 0.1) is 6.92 Å². The molecule has 0 N–H and O–H groups in total. The summed E-state index contributed by atoms with van der Waals surface area (Å²) in [4.78, 5) is 27.5. The van der Waals surface area contributed by atoms with Gasteiger partial charge in [-0.15, -0.1) is 0 Å². The smallest absolute Gasteiger partial charge is 0.265 e. The van der Waals surface area contributed by atoms with Crippen LogP contribution in [0.3, 0.4) is 0 Å². The van der Waals surface area contributed by atoms with Gasteiger partial charge >= 0.3 is 0 Å². The molecule has 1 aliphatic heterocycles. The van der Waals surface area contributed by atoms with Crippen LogP contribution in [0.5, 0.6) is 5.75 Å². The maximum atomic E-state index is 12.4. The highest BCUT2D eigenvalue weighted by atomic mass is 16.5. The monoisotopic (exact) mass is 315 g/mol. The van der Waals surface area contributed by atoms with Crippen molar-refractivity contribution in [2.45, 2.75) is 13.5 Å². The number of anilines is 1. The summed E-state index contributed by atoms with van der Waals surface area (Å²) in [6.07, 6.45) is 0.